The van der Waals surface area contributed by atoms with E-state index in [2.05, 4.69) is 30.7 Å². The number of carbonyl (C=O) groups excluding carboxylic acids is 4. The predicted octanol–water partition coefficient (Wildman–Crippen LogP) is 5.23. The summed E-state index contributed by atoms with van der Waals surface area (Å²) in [5.74, 6) is -1.48. The van der Waals surface area contributed by atoms with Crippen LogP contribution in [0, 0.1) is 0 Å². The molecule has 0 radical (unpaired) electrons. The number of hydrogen-bond acceptors (Lipinski definition) is 10. The van der Waals surface area contributed by atoms with E-state index in [1.54, 1.807) is 6.07 Å². The van der Waals surface area contributed by atoms with E-state index < -0.39 is 18.4 Å². The molecule has 0 saturated carbocycles. The van der Waals surface area contributed by atoms with Crippen molar-refractivity contribution in [1.82, 2.24) is 20.4 Å². The summed E-state index contributed by atoms with van der Waals surface area (Å²) in [5.41, 5.74) is 0.872. The van der Waals surface area contributed by atoms with Gasteiger partial charge >= 0.3 is 0 Å². The lowest BCUT2D eigenvalue weighted by molar-refractivity contribution is -0.124. The molecule has 2 fully saturated rings. The molecule has 2 aromatic carbocycles. The number of methoxy groups -OCH3 is 2. The average Bonchev–Trinajstić information content (AvgIpc) is 3.12. The van der Waals surface area contributed by atoms with Gasteiger partial charge < -0.3 is 29.9 Å². The molecule has 50 heavy (non-hydrogen) atoms. The van der Waals surface area contributed by atoms with Crippen LogP contribution in [0.25, 0.3) is 0 Å². The Morgan fingerprint density at radius 2 is 1.28 bits per heavy atom. The van der Waals surface area contributed by atoms with Crippen LogP contribution in [0.4, 0.5) is 11.4 Å². The molecule has 0 unspecified atom stereocenters. The maximum Gasteiger partial charge on any atom is 0.257 e. The van der Waals surface area contributed by atoms with Gasteiger partial charge in [-0.2, -0.15) is 10.2 Å². The van der Waals surface area contributed by atoms with Gasteiger partial charge in [-0.25, -0.2) is 4.90 Å². The Hall–Kier alpha value is -4.07. The van der Waals surface area contributed by atoms with Gasteiger partial charge in [0.2, 0.25) is 5.91 Å². The van der Waals surface area contributed by atoms with Gasteiger partial charge in [0.25, 0.3) is 17.7 Å². The fourth-order valence-electron chi connectivity index (χ4n) is 6.26. The number of anilines is 1. The van der Waals surface area contributed by atoms with Gasteiger partial charge in [0.1, 0.15) is 18.0 Å². The molecule has 0 atom stereocenters. The molecule has 4 amide bonds. The highest BCUT2D eigenvalue weighted by atomic mass is 35.5. The number of amides is 4. The molecule has 2 aromatic rings. The largest absolute Gasteiger partial charge is 0.495 e. The smallest absolute Gasteiger partial charge is 0.257 e. The fraction of sp³-hybridized carbons (Fsp3) is 0.556. The number of halogens is 1. The average molecular weight is 712 g/mol. The first-order chi connectivity index (χ1) is 24.2. The molecule has 4 rings (SSSR count). The van der Waals surface area contributed by atoms with Gasteiger partial charge in [-0.3, -0.25) is 19.2 Å². The van der Waals surface area contributed by atoms with Gasteiger partial charge in [0.15, 0.2) is 0 Å². The lowest BCUT2D eigenvalue weighted by Gasteiger charge is -2.26. The van der Waals surface area contributed by atoms with Crippen molar-refractivity contribution >= 4 is 46.6 Å². The molecule has 2 aliphatic heterocycles. The molecular formula is C36H50ClN7O6. The van der Waals surface area contributed by atoms with Crippen LogP contribution in [0.15, 0.2) is 40.6 Å². The van der Waals surface area contributed by atoms with Gasteiger partial charge in [0.05, 0.1) is 30.6 Å². The Bertz CT molecular complexity index is 1450. The molecule has 0 aliphatic carbocycles. The summed E-state index contributed by atoms with van der Waals surface area (Å²) in [5, 5.41) is 14.4. The zero-order chi connectivity index (χ0) is 35.9. The molecule has 0 aromatic heterocycles. The maximum atomic E-state index is 13.3. The van der Waals surface area contributed by atoms with Gasteiger partial charge in [-0.1, -0.05) is 24.4 Å². The standard InChI is InChI=1S/C36H50ClN7O6/c1-26(45)44(31-24-32(49-2)30(37)23-33(31)50-3)34(46)25-40-41-29-21-27(35(47)38-12-10-18-42-14-6-4-7-15-42)20-28(22-29)36(48)39-13-11-19-43-16-8-5-9-17-43/h20-24H,4-19,25H2,1-3H3,(H,38,47)(H,39,48). The number of nitrogens with one attached hydrogen (secondary N) is 2. The first-order valence-corrected chi connectivity index (χ1v) is 17.9. The quantitative estimate of drug-likeness (QED) is 0.178. The van der Waals surface area contributed by atoms with Crippen LogP contribution >= 0.6 is 11.6 Å². The molecule has 0 bridgehead atoms. The van der Waals surface area contributed by atoms with Crippen molar-refractivity contribution in [3.8, 4) is 11.5 Å². The van der Waals surface area contributed by atoms with Crippen molar-refractivity contribution in [3.05, 3.63) is 46.5 Å². The minimum atomic E-state index is -0.682. The molecule has 272 valence electrons. The molecular weight excluding hydrogens is 662 g/mol. The number of rotatable bonds is 16. The molecule has 2 N–H and O–H groups in total. The van der Waals surface area contributed by atoms with E-state index in [1.807, 2.05) is 0 Å². The predicted molar refractivity (Wildman–Crippen MR) is 193 cm³/mol. The van der Waals surface area contributed by atoms with Gasteiger partial charge in [-0.05, 0) is 96.0 Å². The third kappa shape index (κ3) is 11.5. The second-order valence-electron chi connectivity index (χ2n) is 12.6. The summed E-state index contributed by atoms with van der Waals surface area (Å²) in [6.07, 6.45) is 9.00. The Balaban J connectivity index is 1.46. The van der Waals surface area contributed by atoms with E-state index in [0.29, 0.717) is 13.1 Å². The monoisotopic (exact) mass is 711 g/mol. The SMILES string of the molecule is COc1cc(N(C(C)=O)C(=O)CN=Nc2cc(C(=O)NCCCN3CCCCC3)cc(C(=O)NCCCN3CCCCC3)c2)c(OC)cc1Cl. The van der Waals surface area contributed by atoms with Crippen molar-refractivity contribution in [3.63, 3.8) is 0 Å². The lowest BCUT2D eigenvalue weighted by atomic mass is 10.1. The summed E-state index contributed by atoms with van der Waals surface area (Å²) in [7, 11) is 2.81. The number of benzene rings is 2. The topological polar surface area (TPSA) is 145 Å². The third-order valence-corrected chi connectivity index (χ3v) is 9.16. The number of likely N-dealkylation sites (tertiary alicyclic amines) is 2. The number of piperidine rings is 2. The number of carbonyl (C=O) groups is 4. The fourth-order valence-corrected chi connectivity index (χ4v) is 6.49. The van der Waals surface area contributed by atoms with E-state index in [4.69, 9.17) is 21.1 Å². The Labute approximate surface area is 299 Å². The van der Waals surface area contributed by atoms with Crippen LogP contribution in [-0.2, 0) is 9.59 Å². The van der Waals surface area contributed by atoms with E-state index in [0.717, 1.165) is 57.0 Å². The first-order valence-electron chi connectivity index (χ1n) is 17.5. The summed E-state index contributed by atoms with van der Waals surface area (Å²) in [4.78, 5) is 58.1. The second kappa shape index (κ2) is 19.9. The zero-order valence-electron chi connectivity index (χ0n) is 29.5. The van der Waals surface area contributed by atoms with E-state index in [1.165, 1.54) is 83.9 Å². The van der Waals surface area contributed by atoms with Crippen LogP contribution in [0.3, 0.4) is 0 Å². The van der Waals surface area contributed by atoms with Gasteiger partial charge in [-0.15, -0.1) is 0 Å². The van der Waals surface area contributed by atoms with Crippen molar-refractivity contribution < 1.29 is 28.7 Å². The number of imide groups is 1. The minimum absolute atomic E-state index is 0.139. The first kappa shape index (κ1) is 38.7. The lowest BCUT2D eigenvalue weighted by Crippen LogP contribution is -2.37. The number of nitrogens with zero attached hydrogens (tertiary/aromatic N) is 5. The highest BCUT2D eigenvalue weighted by Crippen LogP contribution is 2.38. The van der Waals surface area contributed by atoms with Crippen LogP contribution in [0.1, 0.15) is 79.0 Å². The van der Waals surface area contributed by atoms with Crippen molar-refractivity contribution in [2.45, 2.75) is 58.3 Å². The molecule has 2 aliphatic rings. The summed E-state index contributed by atoms with van der Waals surface area (Å²) in [6.45, 7) is 7.91. The van der Waals surface area contributed by atoms with Crippen molar-refractivity contribution in [2.24, 2.45) is 10.2 Å². The molecule has 2 saturated heterocycles. The second-order valence-corrected chi connectivity index (χ2v) is 13.0. The highest BCUT2D eigenvalue weighted by Gasteiger charge is 2.25. The summed E-state index contributed by atoms with van der Waals surface area (Å²) < 4.78 is 10.6. The number of azo groups is 1. The molecule has 0 spiro atoms. The molecule has 14 heteroatoms. The van der Waals surface area contributed by atoms with E-state index >= 15 is 0 Å². The number of ether oxygens (including phenoxy) is 2. The van der Waals surface area contributed by atoms with Crippen LogP contribution < -0.4 is 25.0 Å². The van der Waals surface area contributed by atoms with Crippen molar-refractivity contribution in [1.29, 1.82) is 0 Å². The number of hydrogen-bond donors (Lipinski definition) is 2. The third-order valence-electron chi connectivity index (χ3n) is 8.86. The van der Waals surface area contributed by atoms with Crippen LogP contribution in [-0.4, -0.2) is 107 Å². The van der Waals surface area contributed by atoms with Crippen molar-refractivity contribution in [2.75, 3.05) is 78.0 Å². The van der Waals surface area contributed by atoms with Gasteiger partial charge in [0, 0.05) is 43.3 Å². The highest BCUT2D eigenvalue weighted by molar-refractivity contribution is 6.32. The van der Waals surface area contributed by atoms with E-state index in [-0.39, 0.29) is 50.8 Å². The Kier molecular flexibility index (Phi) is 15.5. The zero-order valence-corrected chi connectivity index (χ0v) is 30.2. The summed E-state index contributed by atoms with van der Waals surface area (Å²) >= 11 is 6.21. The Morgan fingerprint density at radius 3 is 1.76 bits per heavy atom. The normalized spacial score (nSPS) is 15.4. The van der Waals surface area contributed by atoms with E-state index in [9.17, 15) is 19.2 Å². The molecule has 13 nitrogen and oxygen atoms in total. The molecule has 2 heterocycles. The van der Waals surface area contributed by atoms with Crippen LogP contribution in [0.5, 0.6) is 11.5 Å². The Morgan fingerprint density at radius 1 is 0.760 bits per heavy atom. The summed E-state index contributed by atoms with van der Waals surface area (Å²) in [6, 6.07) is 7.48. The minimum Gasteiger partial charge on any atom is -0.495 e. The van der Waals surface area contributed by atoms with Crippen LogP contribution in [0.2, 0.25) is 5.02 Å². The maximum absolute atomic E-state index is 13.3.